The van der Waals surface area contributed by atoms with Crippen LogP contribution in [0.4, 0.5) is 0 Å². The van der Waals surface area contributed by atoms with Gasteiger partial charge in [0.05, 0.1) is 13.0 Å². The molecule has 0 heterocycles. The fraction of sp³-hybridized carbons (Fsp3) is 0.778. The lowest BCUT2D eigenvalue weighted by atomic mass is 9.87. The third kappa shape index (κ3) is 5.64. The minimum absolute atomic E-state index is 0. The van der Waals surface area contributed by atoms with Crippen LogP contribution in [0.1, 0.15) is 20.3 Å². The topological polar surface area (TPSA) is 142 Å². The molecule has 7 N–H and O–H groups in total. The number of rotatable bonds is 6. The van der Waals surface area contributed by atoms with Gasteiger partial charge in [-0.25, -0.2) is 0 Å². The molecule has 7 heteroatoms. The van der Waals surface area contributed by atoms with E-state index in [1.54, 1.807) is 0 Å². The second-order valence-electron chi connectivity index (χ2n) is 3.98. The number of aliphatic hydroxyl groups is 2. The molecule has 0 aliphatic carbocycles. The number of aliphatic carboxylic acids is 1. The molecule has 0 bridgehead atoms. The summed E-state index contributed by atoms with van der Waals surface area (Å²) in [6.45, 7) is 2.70. The summed E-state index contributed by atoms with van der Waals surface area (Å²) in [5, 5.41) is 29.0. The van der Waals surface area contributed by atoms with Gasteiger partial charge in [-0.15, -0.1) is 0 Å². The van der Waals surface area contributed by atoms with Crippen LogP contribution in [0.5, 0.6) is 0 Å². The second-order valence-corrected chi connectivity index (χ2v) is 3.98. The summed E-state index contributed by atoms with van der Waals surface area (Å²) in [5.41, 5.74) is -0.937. The van der Waals surface area contributed by atoms with Crippen molar-refractivity contribution in [2.24, 2.45) is 5.41 Å². The number of carboxylic acid groups (broad SMARTS) is 1. The van der Waals surface area contributed by atoms with Crippen molar-refractivity contribution in [3.05, 3.63) is 0 Å². The maximum atomic E-state index is 11.3. The summed E-state index contributed by atoms with van der Waals surface area (Å²) < 4.78 is 0. The monoisotopic (exact) mass is 236 g/mol. The number of hydrogen-bond acceptors (Lipinski definition) is 5. The van der Waals surface area contributed by atoms with Crippen LogP contribution in [0.15, 0.2) is 0 Å². The van der Waals surface area contributed by atoms with E-state index in [-0.39, 0.29) is 25.7 Å². The number of carbonyl (C=O) groups is 2. The van der Waals surface area contributed by atoms with E-state index in [1.807, 2.05) is 0 Å². The zero-order valence-corrected chi connectivity index (χ0v) is 9.56. The highest BCUT2D eigenvalue weighted by molar-refractivity contribution is 5.81. The molecule has 16 heavy (non-hydrogen) atoms. The van der Waals surface area contributed by atoms with E-state index in [1.165, 1.54) is 13.8 Å². The van der Waals surface area contributed by atoms with Crippen molar-refractivity contribution in [3.8, 4) is 0 Å². The van der Waals surface area contributed by atoms with Crippen molar-refractivity contribution in [2.75, 3.05) is 13.2 Å². The minimum Gasteiger partial charge on any atom is -0.481 e. The summed E-state index contributed by atoms with van der Waals surface area (Å²) >= 11 is 0. The third-order valence-electron chi connectivity index (χ3n) is 2.03. The molecule has 0 aliphatic heterocycles. The zero-order chi connectivity index (χ0) is 12.1. The van der Waals surface area contributed by atoms with E-state index >= 15 is 0 Å². The fourth-order valence-corrected chi connectivity index (χ4v) is 0.831. The fourth-order valence-electron chi connectivity index (χ4n) is 0.831. The number of aliphatic hydroxyl groups excluding tert-OH is 2. The summed E-state index contributed by atoms with van der Waals surface area (Å²) in [6, 6.07) is 0. The van der Waals surface area contributed by atoms with E-state index < -0.39 is 23.4 Å². The van der Waals surface area contributed by atoms with Gasteiger partial charge >= 0.3 is 5.97 Å². The van der Waals surface area contributed by atoms with E-state index in [2.05, 4.69) is 5.32 Å². The third-order valence-corrected chi connectivity index (χ3v) is 2.03. The van der Waals surface area contributed by atoms with Crippen LogP contribution in [0, 0.1) is 5.41 Å². The first-order chi connectivity index (χ1) is 6.81. The highest BCUT2D eigenvalue weighted by atomic mass is 16.4. The predicted molar refractivity (Wildman–Crippen MR) is 57.2 cm³/mol. The first-order valence-electron chi connectivity index (χ1n) is 4.59. The van der Waals surface area contributed by atoms with E-state index in [0.717, 1.165) is 0 Å². The smallest absolute Gasteiger partial charge is 0.305 e. The van der Waals surface area contributed by atoms with Crippen molar-refractivity contribution in [1.82, 2.24) is 11.5 Å². The second kappa shape index (κ2) is 7.15. The van der Waals surface area contributed by atoms with Crippen molar-refractivity contribution in [1.29, 1.82) is 0 Å². The van der Waals surface area contributed by atoms with Crippen LogP contribution >= 0.6 is 0 Å². The van der Waals surface area contributed by atoms with Gasteiger partial charge in [0.15, 0.2) is 0 Å². The molecule has 0 rings (SSSR count). The molecular weight excluding hydrogens is 216 g/mol. The number of carboxylic acids is 1. The molecule has 0 saturated carbocycles. The van der Waals surface area contributed by atoms with Gasteiger partial charge in [-0.1, -0.05) is 13.8 Å². The van der Waals surface area contributed by atoms with Crippen LogP contribution in [-0.2, 0) is 9.59 Å². The quantitative estimate of drug-likeness (QED) is 0.405. The lowest BCUT2D eigenvalue weighted by Crippen LogP contribution is -2.45. The number of hydrogen-bond donors (Lipinski definition) is 5. The van der Waals surface area contributed by atoms with Gasteiger partial charge < -0.3 is 26.8 Å². The highest BCUT2D eigenvalue weighted by Gasteiger charge is 2.32. The molecule has 0 unspecified atom stereocenters. The zero-order valence-electron chi connectivity index (χ0n) is 9.56. The van der Waals surface area contributed by atoms with Crippen LogP contribution in [0.2, 0.25) is 0 Å². The molecule has 0 aromatic carbocycles. The maximum absolute atomic E-state index is 11.3. The molecule has 96 valence electrons. The largest absolute Gasteiger partial charge is 0.481 e. The lowest BCUT2D eigenvalue weighted by Gasteiger charge is -2.26. The average Bonchev–Trinajstić information content (AvgIpc) is 2.15. The Hall–Kier alpha value is -1.18. The normalized spacial score (nSPS) is 12.5. The van der Waals surface area contributed by atoms with Gasteiger partial charge in [0.2, 0.25) is 5.91 Å². The molecular formula is C9H20N2O5. The molecule has 0 aromatic heterocycles. The lowest BCUT2D eigenvalue weighted by molar-refractivity contribution is -0.138. The number of nitrogens with one attached hydrogen (secondary N) is 1. The Balaban J connectivity index is 0. The van der Waals surface area contributed by atoms with Gasteiger partial charge in [-0.3, -0.25) is 9.59 Å². The van der Waals surface area contributed by atoms with Crippen molar-refractivity contribution in [3.63, 3.8) is 0 Å². The standard InChI is InChI=1S/C9H17NO5.H3N/c1-9(2,5-11)7(14)8(15)10-4-3-6(12)13;/h7,11,14H,3-5H2,1-2H3,(H,10,15)(H,12,13);1H3/t7-;/m1./s1. The van der Waals surface area contributed by atoms with Crippen LogP contribution in [-0.4, -0.2) is 46.5 Å². The Bertz CT molecular complexity index is 242. The van der Waals surface area contributed by atoms with Gasteiger partial charge in [0, 0.05) is 12.0 Å². The summed E-state index contributed by atoms with van der Waals surface area (Å²) in [6.07, 6.45) is -1.55. The van der Waals surface area contributed by atoms with Gasteiger partial charge in [-0.05, 0) is 0 Å². The molecule has 1 atom stereocenters. The van der Waals surface area contributed by atoms with Gasteiger partial charge in [0.1, 0.15) is 6.10 Å². The molecule has 0 aliphatic rings. The Morgan fingerprint density at radius 3 is 2.25 bits per heavy atom. The van der Waals surface area contributed by atoms with Gasteiger partial charge in [0.25, 0.3) is 0 Å². The minimum atomic E-state index is -1.35. The van der Waals surface area contributed by atoms with Crippen LogP contribution in [0.3, 0.4) is 0 Å². The number of carbonyl (C=O) groups excluding carboxylic acids is 1. The molecule has 7 nitrogen and oxygen atoms in total. The van der Waals surface area contributed by atoms with Crippen LogP contribution in [0.25, 0.3) is 0 Å². The molecule has 0 spiro atoms. The summed E-state index contributed by atoms with van der Waals surface area (Å²) in [4.78, 5) is 21.4. The average molecular weight is 236 g/mol. The predicted octanol–water partition coefficient (Wildman–Crippen LogP) is -0.881. The SMILES string of the molecule is CC(C)(CO)[C@H](O)C(=O)NCCC(=O)O.N. The van der Waals surface area contributed by atoms with E-state index in [0.29, 0.717) is 0 Å². The first-order valence-corrected chi connectivity index (χ1v) is 4.59. The van der Waals surface area contributed by atoms with E-state index in [4.69, 9.17) is 10.2 Å². The number of amides is 1. The molecule has 0 saturated heterocycles. The highest BCUT2D eigenvalue weighted by Crippen LogP contribution is 2.19. The maximum Gasteiger partial charge on any atom is 0.305 e. The Kier molecular flexibility index (Phi) is 7.70. The van der Waals surface area contributed by atoms with Crippen molar-refractivity contribution in [2.45, 2.75) is 26.4 Å². The van der Waals surface area contributed by atoms with Crippen molar-refractivity contribution < 1.29 is 24.9 Å². The molecule has 1 amide bonds. The van der Waals surface area contributed by atoms with Gasteiger partial charge in [-0.2, -0.15) is 0 Å². The van der Waals surface area contributed by atoms with Crippen molar-refractivity contribution >= 4 is 11.9 Å². The summed E-state index contributed by atoms with van der Waals surface area (Å²) in [7, 11) is 0. The first kappa shape index (κ1) is 17.2. The Morgan fingerprint density at radius 1 is 1.38 bits per heavy atom. The molecule has 0 fully saturated rings. The van der Waals surface area contributed by atoms with Crippen LogP contribution < -0.4 is 11.5 Å². The Morgan fingerprint density at radius 2 is 1.88 bits per heavy atom. The Labute approximate surface area is 94.1 Å². The molecule has 0 radical (unpaired) electrons. The molecule has 0 aromatic rings. The van der Waals surface area contributed by atoms with E-state index in [9.17, 15) is 14.7 Å². The summed E-state index contributed by atoms with van der Waals surface area (Å²) in [5.74, 6) is -1.69.